The number of carbonyl (C=O) groups excluding carboxylic acids is 1. The highest BCUT2D eigenvalue weighted by Crippen LogP contribution is 2.50. The molecule has 2 aromatic heterocycles. The molecule has 0 unspecified atom stereocenters. The van der Waals surface area contributed by atoms with Crippen LogP contribution < -0.4 is 4.74 Å². The molecule has 2 aliphatic rings. The van der Waals surface area contributed by atoms with E-state index >= 15 is 0 Å². The van der Waals surface area contributed by atoms with Crippen LogP contribution in [0.3, 0.4) is 0 Å². The van der Waals surface area contributed by atoms with Crippen LogP contribution in [-0.4, -0.2) is 45.5 Å². The van der Waals surface area contributed by atoms with Gasteiger partial charge in [-0.3, -0.25) is 4.79 Å². The van der Waals surface area contributed by atoms with Crippen LogP contribution in [0.5, 0.6) is 5.88 Å². The summed E-state index contributed by atoms with van der Waals surface area (Å²) < 4.78 is 7.62. The number of fused-ring (bicyclic) bond motifs is 5. The standard InChI is InChI=1S/C26H24N4O2/c1-16(31)29-14-20-21(15-29)26-28-22-10-8-18(19-9-11-24(32-2)27-13-19)12-23(22)30(26)25(20)17-6-4-3-5-7-17/h3-13,20-21,25H,14-15H2,1-2H3/t20-,21+,25-/m1/s1. The molecule has 4 aromatic rings. The molecule has 0 bridgehead atoms. The minimum atomic E-state index is 0.142. The second-order valence-electron chi connectivity index (χ2n) is 8.68. The van der Waals surface area contributed by atoms with Crippen molar-refractivity contribution < 1.29 is 9.53 Å². The summed E-state index contributed by atoms with van der Waals surface area (Å²) in [6.07, 6.45) is 1.84. The molecule has 2 aromatic carbocycles. The molecule has 0 spiro atoms. The minimum absolute atomic E-state index is 0.142. The van der Waals surface area contributed by atoms with Crippen LogP contribution in [0.1, 0.15) is 30.3 Å². The maximum absolute atomic E-state index is 12.1. The summed E-state index contributed by atoms with van der Waals surface area (Å²) in [6, 6.07) is 21.1. The summed E-state index contributed by atoms with van der Waals surface area (Å²) in [4.78, 5) is 23.5. The van der Waals surface area contributed by atoms with E-state index in [9.17, 15) is 4.79 Å². The number of nitrogens with zero attached hydrogens (tertiary/aromatic N) is 4. The Morgan fingerprint density at radius 2 is 1.84 bits per heavy atom. The third kappa shape index (κ3) is 2.83. The number of methoxy groups -OCH3 is 1. The SMILES string of the molecule is COc1ccc(-c2ccc3nc4n(c3c2)[C@H](c2ccccc2)[C@@H]2CN(C(C)=O)C[C@H]42)cn1. The highest BCUT2D eigenvalue weighted by molar-refractivity contribution is 5.83. The molecule has 160 valence electrons. The Kier molecular flexibility index (Phi) is 4.28. The largest absolute Gasteiger partial charge is 0.481 e. The molecule has 6 nitrogen and oxygen atoms in total. The zero-order chi connectivity index (χ0) is 21.8. The second-order valence-corrected chi connectivity index (χ2v) is 8.68. The van der Waals surface area contributed by atoms with Crippen molar-refractivity contribution in [2.75, 3.05) is 20.2 Å². The fraction of sp³-hybridized carbons (Fsp3) is 0.269. The van der Waals surface area contributed by atoms with Crippen molar-refractivity contribution in [1.29, 1.82) is 0 Å². The minimum Gasteiger partial charge on any atom is -0.481 e. The van der Waals surface area contributed by atoms with Gasteiger partial charge in [0.05, 0.1) is 24.2 Å². The Balaban J connectivity index is 1.51. The number of carbonyl (C=O) groups is 1. The van der Waals surface area contributed by atoms with Crippen molar-refractivity contribution in [3.05, 3.63) is 78.2 Å². The van der Waals surface area contributed by atoms with Crippen molar-refractivity contribution in [1.82, 2.24) is 19.4 Å². The second kappa shape index (κ2) is 7.19. The van der Waals surface area contributed by atoms with Gasteiger partial charge in [0, 0.05) is 49.7 Å². The van der Waals surface area contributed by atoms with E-state index in [1.165, 1.54) is 5.56 Å². The Labute approximate surface area is 186 Å². The van der Waals surface area contributed by atoms with Crippen LogP contribution in [0.2, 0.25) is 0 Å². The van der Waals surface area contributed by atoms with Gasteiger partial charge in [-0.25, -0.2) is 9.97 Å². The molecule has 32 heavy (non-hydrogen) atoms. The number of rotatable bonds is 3. The van der Waals surface area contributed by atoms with E-state index in [4.69, 9.17) is 9.72 Å². The van der Waals surface area contributed by atoms with E-state index in [2.05, 4.69) is 52.0 Å². The van der Waals surface area contributed by atoms with Gasteiger partial charge >= 0.3 is 0 Å². The van der Waals surface area contributed by atoms with E-state index in [-0.39, 0.29) is 17.9 Å². The summed E-state index contributed by atoms with van der Waals surface area (Å²) in [6.45, 7) is 3.17. The smallest absolute Gasteiger partial charge is 0.219 e. The monoisotopic (exact) mass is 424 g/mol. The van der Waals surface area contributed by atoms with Gasteiger partial charge in [-0.1, -0.05) is 36.4 Å². The number of benzene rings is 2. The topological polar surface area (TPSA) is 60.2 Å². The van der Waals surface area contributed by atoms with Crippen molar-refractivity contribution in [2.45, 2.75) is 18.9 Å². The number of imidazole rings is 1. The lowest BCUT2D eigenvalue weighted by Gasteiger charge is -2.23. The van der Waals surface area contributed by atoms with Gasteiger partial charge in [-0.15, -0.1) is 0 Å². The molecule has 6 rings (SSSR count). The van der Waals surface area contributed by atoms with Crippen LogP contribution >= 0.6 is 0 Å². The Hall–Kier alpha value is -3.67. The van der Waals surface area contributed by atoms with Gasteiger partial charge in [0.25, 0.3) is 0 Å². The average Bonchev–Trinajstić information content (AvgIpc) is 3.49. The van der Waals surface area contributed by atoms with Gasteiger partial charge in [0.1, 0.15) is 5.82 Å². The summed E-state index contributed by atoms with van der Waals surface area (Å²) in [5, 5.41) is 0. The molecular weight excluding hydrogens is 400 g/mol. The predicted molar refractivity (Wildman–Crippen MR) is 123 cm³/mol. The first kappa shape index (κ1) is 19.0. The first-order valence-electron chi connectivity index (χ1n) is 11.0. The van der Waals surface area contributed by atoms with Crippen LogP contribution in [0.4, 0.5) is 0 Å². The first-order valence-corrected chi connectivity index (χ1v) is 11.0. The molecule has 0 saturated carbocycles. The van der Waals surface area contributed by atoms with E-state index in [0.717, 1.165) is 41.1 Å². The van der Waals surface area contributed by atoms with E-state index < -0.39 is 0 Å². The Morgan fingerprint density at radius 1 is 1.03 bits per heavy atom. The van der Waals surface area contributed by atoms with Crippen LogP contribution in [0, 0.1) is 5.92 Å². The molecule has 0 radical (unpaired) electrons. The van der Waals surface area contributed by atoms with Gasteiger partial charge in [-0.2, -0.15) is 0 Å². The Morgan fingerprint density at radius 3 is 2.56 bits per heavy atom. The lowest BCUT2D eigenvalue weighted by atomic mass is 9.88. The van der Waals surface area contributed by atoms with Crippen molar-refractivity contribution in [3.8, 4) is 17.0 Å². The lowest BCUT2D eigenvalue weighted by molar-refractivity contribution is -0.128. The molecule has 0 aliphatic carbocycles. The molecule has 1 amide bonds. The molecule has 2 aliphatic heterocycles. The van der Waals surface area contributed by atoms with Crippen LogP contribution in [0.15, 0.2) is 66.9 Å². The van der Waals surface area contributed by atoms with E-state index in [1.807, 2.05) is 29.3 Å². The third-order valence-electron chi connectivity index (χ3n) is 6.96. The molecule has 1 fully saturated rings. The van der Waals surface area contributed by atoms with Gasteiger partial charge in [0.2, 0.25) is 11.8 Å². The maximum Gasteiger partial charge on any atom is 0.219 e. The molecule has 0 N–H and O–H groups in total. The molecular formula is C26H24N4O2. The zero-order valence-corrected chi connectivity index (χ0v) is 18.1. The number of amides is 1. The summed E-state index contributed by atoms with van der Waals surface area (Å²) in [7, 11) is 1.62. The molecule has 1 saturated heterocycles. The zero-order valence-electron chi connectivity index (χ0n) is 18.1. The number of hydrogen-bond acceptors (Lipinski definition) is 4. The summed E-state index contributed by atoms with van der Waals surface area (Å²) >= 11 is 0. The summed E-state index contributed by atoms with van der Waals surface area (Å²) in [5.41, 5.74) is 5.53. The van der Waals surface area contributed by atoms with Gasteiger partial charge in [0.15, 0.2) is 0 Å². The normalized spacial score (nSPS) is 21.6. The highest BCUT2D eigenvalue weighted by atomic mass is 16.5. The van der Waals surface area contributed by atoms with Gasteiger partial charge in [-0.05, 0) is 29.3 Å². The number of aromatic nitrogens is 3. The predicted octanol–water partition coefficient (Wildman–Crippen LogP) is 4.27. The highest BCUT2D eigenvalue weighted by Gasteiger charge is 2.49. The molecule has 6 heteroatoms. The fourth-order valence-electron chi connectivity index (χ4n) is 5.43. The maximum atomic E-state index is 12.1. The number of pyridine rings is 1. The van der Waals surface area contributed by atoms with E-state index in [0.29, 0.717) is 11.8 Å². The number of hydrogen-bond donors (Lipinski definition) is 0. The third-order valence-corrected chi connectivity index (χ3v) is 6.96. The van der Waals surface area contributed by atoms with Gasteiger partial charge < -0.3 is 14.2 Å². The number of likely N-dealkylation sites (tertiary alicyclic amines) is 1. The van der Waals surface area contributed by atoms with Crippen LogP contribution in [-0.2, 0) is 4.79 Å². The quantitative estimate of drug-likeness (QED) is 0.493. The number of ether oxygens (including phenoxy) is 1. The summed E-state index contributed by atoms with van der Waals surface area (Å²) in [5.74, 6) is 2.42. The van der Waals surface area contributed by atoms with E-state index in [1.54, 1.807) is 14.0 Å². The molecule has 3 atom stereocenters. The first-order chi connectivity index (χ1) is 15.6. The van der Waals surface area contributed by atoms with Crippen LogP contribution in [0.25, 0.3) is 22.2 Å². The lowest BCUT2D eigenvalue weighted by Crippen LogP contribution is -2.28. The van der Waals surface area contributed by atoms with Crippen molar-refractivity contribution in [2.24, 2.45) is 5.92 Å². The fourth-order valence-corrected chi connectivity index (χ4v) is 5.43. The average molecular weight is 425 g/mol. The molecule has 4 heterocycles. The van der Waals surface area contributed by atoms with Crippen molar-refractivity contribution >= 4 is 16.9 Å². The van der Waals surface area contributed by atoms with Crippen molar-refractivity contribution in [3.63, 3.8) is 0 Å². The Bertz CT molecular complexity index is 1310.